The summed E-state index contributed by atoms with van der Waals surface area (Å²) >= 11 is 0. The highest BCUT2D eigenvalue weighted by atomic mass is 16.5. The van der Waals surface area contributed by atoms with Gasteiger partial charge in [-0.15, -0.1) is 0 Å². The molecule has 1 N–H and O–H groups in total. The van der Waals surface area contributed by atoms with Gasteiger partial charge in [0.15, 0.2) is 6.61 Å². The SMILES string of the molecule is COc1ccccc1C(=O)COc1c(CO)ccc2c1CCC(C)(C)O2. The number of fused-ring (bicyclic) bond motifs is 1. The largest absolute Gasteiger partial charge is 0.496 e. The number of para-hydroxylation sites is 1. The van der Waals surface area contributed by atoms with Crippen molar-refractivity contribution in [2.75, 3.05) is 13.7 Å². The zero-order chi connectivity index (χ0) is 18.7. The first-order valence-electron chi connectivity index (χ1n) is 8.69. The fraction of sp³-hybridized carbons (Fsp3) is 0.381. The minimum atomic E-state index is -0.238. The van der Waals surface area contributed by atoms with Crippen molar-refractivity contribution in [2.45, 2.75) is 38.9 Å². The first kappa shape index (κ1) is 18.3. The molecule has 1 aliphatic rings. The van der Waals surface area contributed by atoms with Crippen molar-refractivity contribution in [3.63, 3.8) is 0 Å². The van der Waals surface area contributed by atoms with Gasteiger partial charge in [-0.05, 0) is 51.0 Å². The van der Waals surface area contributed by atoms with E-state index >= 15 is 0 Å². The van der Waals surface area contributed by atoms with E-state index < -0.39 is 0 Å². The lowest BCUT2D eigenvalue weighted by Gasteiger charge is -2.33. The summed E-state index contributed by atoms with van der Waals surface area (Å²) in [7, 11) is 1.53. The molecule has 26 heavy (non-hydrogen) atoms. The fourth-order valence-corrected chi connectivity index (χ4v) is 3.16. The Balaban J connectivity index is 1.84. The zero-order valence-electron chi connectivity index (χ0n) is 15.4. The number of carbonyl (C=O) groups is 1. The number of ether oxygens (including phenoxy) is 3. The Morgan fingerprint density at radius 3 is 2.73 bits per heavy atom. The summed E-state index contributed by atoms with van der Waals surface area (Å²) in [6, 6.07) is 10.7. The smallest absolute Gasteiger partial charge is 0.203 e. The maximum absolute atomic E-state index is 12.6. The Labute approximate surface area is 153 Å². The molecule has 1 aliphatic heterocycles. The van der Waals surface area contributed by atoms with Gasteiger partial charge in [0.25, 0.3) is 0 Å². The molecule has 0 saturated heterocycles. The number of hydrogen-bond acceptors (Lipinski definition) is 5. The summed E-state index contributed by atoms with van der Waals surface area (Å²) in [6.45, 7) is 3.80. The number of methoxy groups -OCH3 is 1. The molecule has 2 aromatic carbocycles. The molecule has 0 saturated carbocycles. The van der Waals surface area contributed by atoms with Gasteiger partial charge in [0.05, 0.1) is 19.3 Å². The lowest BCUT2D eigenvalue weighted by atomic mass is 9.92. The van der Waals surface area contributed by atoms with Crippen LogP contribution in [0.1, 0.15) is 41.8 Å². The molecule has 0 spiro atoms. The molecule has 2 aromatic rings. The number of hydrogen-bond donors (Lipinski definition) is 1. The summed E-state index contributed by atoms with van der Waals surface area (Å²) < 4.78 is 17.1. The Morgan fingerprint density at radius 1 is 1.23 bits per heavy atom. The lowest BCUT2D eigenvalue weighted by Crippen LogP contribution is -2.33. The van der Waals surface area contributed by atoms with Crippen LogP contribution in [0.25, 0.3) is 0 Å². The second kappa shape index (κ2) is 7.38. The van der Waals surface area contributed by atoms with Crippen molar-refractivity contribution in [2.24, 2.45) is 0 Å². The highest BCUT2D eigenvalue weighted by Gasteiger charge is 2.29. The average molecular weight is 356 g/mol. The molecule has 1 heterocycles. The van der Waals surface area contributed by atoms with E-state index in [9.17, 15) is 9.90 Å². The minimum Gasteiger partial charge on any atom is -0.496 e. The third kappa shape index (κ3) is 3.68. The van der Waals surface area contributed by atoms with E-state index in [1.54, 1.807) is 24.3 Å². The monoisotopic (exact) mass is 356 g/mol. The van der Waals surface area contributed by atoms with E-state index in [2.05, 4.69) is 0 Å². The van der Waals surface area contributed by atoms with Crippen LogP contribution in [0.5, 0.6) is 17.2 Å². The standard InChI is InChI=1S/C21H24O5/c1-21(2)11-10-16-19(26-21)9-8-14(12-22)20(16)25-13-17(23)15-6-4-5-7-18(15)24-3/h4-9,22H,10-13H2,1-3H3. The second-order valence-corrected chi connectivity index (χ2v) is 6.96. The van der Waals surface area contributed by atoms with Crippen LogP contribution in [0.15, 0.2) is 36.4 Å². The fourth-order valence-electron chi connectivity index (χ4n) is 3.16. The lowest BCUT2D eigenvalue weighted by molar-refractivity contribution is 0.0813. The van der Waals surface area contributed by atoms with E-state index in [4.69, 9.17) is 14.2 Å². The summed E-state index contributed by atoms with van der Waals surface area (Å²) in [4.78, 5) is 12.6. The zero-order valence-corrected chi connectivity index (χ0v) is 15.4. The molecule has 0 bridgehead atoms. The number of aliphatic hydroxyl groups excluding tert-OH is 1. The van der Waals surface area contributed by atoms with Crippen molar-refractivity contribution in [1.29, 1.82) is 0 Å². The van der Waals surface area contributed by atoms with E-state index in [0.29, 0.717) is 22.6 Å². The maximum atomic E-state index is 12.6. The van der Waals surface area contributed by atoms with Gasteiger partial charge < -0.3 is 19.3 Å². The van der Waals surface area contributed by atoms with E-state index in [0.717, 1.165) is 24.2 Å². The third-order valence-electron chi connectivity index (χ3n) is 4.59. The Kier molecular flexibility index (Phi) is 5.18. The van der Waals surface area contributed by atoms with Gasteiger partial charge in [0.2, 0.25) is 5.78 Å². The molecule has 0 aliphatic carbocycles. The van der Waals surface area contributed by atoms with Crippen molar-refractivity contribution >= 4 is 5.78 Å². The van der Waals surface area contributed by atoms with Crippen LogP contribution >= 0.6 is 0 Å². The van der Waals surface area contributed by atoms with Crippen LogP contribution in [-0.2, 0) is 13.0 Å². The summed E-state index contributed by atoms with van der Waals surface area (Å²) in [5, 5.41) is 9.66. The Hall–Kier alpha value is -2.53. The van der Waals surface area contributed by atoms with Gasteiger partial charge in [0.1, 0.15) is 22.8 Å². The normalized spacial score (nSPS) is 14.9. The van der Waals surface area contributed by atoms with Gasteiger partial charge in [-0.2, -0.15) is 0 Å². The van der Waals surface area contributed by atoms with Gasteiger partial charge in [-0.25, -0.2) is 0 Å². The van der Waals surface area contributed by atoms with Gasteiger partial charge in [-0.3, -0.25) is 4.79 Å². The summed E-state index contributed by atoms with van der Waals surface area (Å²) in [5.74, 6) is 1.63. The molecule has 0 fully saturated rings. The quantitative estimate of drug-likeness (QED) is 0.802. The number of ketones is 1. The topological polar surface area (TPSA) is 65.0 Å². The van der Waals surface area contributed by atoms with Crippen LogP contribution < -0.4 is 14.2 Å². The van der Waals surface area contributed by atoms with Crippen LogP contribution in [-0.4, -0.2) is 30.2 Å². The van der Waals surface area contributed by atoms with E-state index in [1.807, 2.05) is 26.0 Å². The predicted octanol–water partition coefficient (Wildman–Crippen LogP) is 3.55. The van der Waals surface area contributed by atoms with Crippen LogP contribution in [0, 0.1) is 0 Å². The number of aliphatic hydroxyl groups is 1. The Morgan fingerprint density at radius 2 is 2.00 bits per heavy atom. The van der Waals surface area contributed by atoms with E-state index in [1.165, 1.54) is 7.11 Å². The van der Waals surface area contributed by atoms with Crippen LogP contribution in [0.2, 0.25) is 0 Å². The average Bonchev–Trinajstić information content (AvgIpc) is 2.64. The van der Waals surface area contributed by atoms with Crippen molar-refractivity contribution in [3.05, 3.63) is 53.1 Å². The first-order chi connectivity index (χ1) is 12.4. The molecule has 5 nitrogen and oxygen atoms in total. The number of carbonyl (C=O) groups excluding carboxylic acids is 1. The third-order valence-corrected chi connectivity index (χ3v) is 4.59. The van der Waals surface area contributed by atoms with Gasteiger partial charge in [-0.1, -0.05) is 12.1 Å². The first-order valence-corrected chi connectivity index (χ1v) is 8.69. The minimum absolute atomic E-state index is 0.132. The molecule has 3 rings (SSSR count). The number of Topliss-reactive ketones (excluding diaryl/α,β-unsaturated/α-hetero) is 1. The molecular formula is C21H24O5. The molecule has 0 amide bonds. The van der Waals surface area contributed by atoms with Crippen LogP contribution in [0.3, 0.4) is 0 Å². The molecular weight excluding hydrogens is 332 g/mol. The van der Waals surface area contributed by atoms with Crippen molar-refractivity contribution < 1.29 is 24.1 Å². The molecule has 0 unspecified atom stereocenters. The number of benzene rings is 2. The number of rotatable bonds is 6. The molecule has 0 atom stereocenters. The van der Waals surface area contributed by atoms with Gasteiger partial charge >= 0.3 is 0 Å². The predicted molar refractivity (Wildman–Crippen MR) is 98.2 cm³/mol. The van der Waals surface area contributed by atoms with Crippen molar-refractivity contribution in [3.8, 4) is 17.2 Å². The Bertz CT molecular complexity index is 810. The molecule has 0 radical (unpaired) electrons. The van der Waals surface area contributed by atoms with Crippen LogP contribution in [0.4, 0.5) is 0 Å². The van der Waals surface area contributed by atoms with Gasteiger partial charge in [0, 0.05) is 11.1 Å². The van der Waals surface area contributed by atoms with E-state index in [-0.39, 0.29) is 24.6 Å². The molecule has 5 heteroatoms. The molecule has 138 valence electrons. The molecule has 0 aromatic heterocycles. The highest BCUT2D eigenvalue weighted by molar-refractivity contribution is 5.99. The maximum Gasteiger partial charge on any atom is 0.203 e. The summed E-state index contributed by atoms with van der Waals surface area (Å²) in [5.41, 5.74) is 1.80. The van der Waals surface area contributed by atoms with Crippen molar-refractivity contribution in [1.82, 2.24) is 0 Å². The highest BCUT2D eigenvalue weighted by Crippen LogP contribution is 2.40. The second-order valence-electron chi connectivity index (χ2n) is 6.96. The summed E-state index contributed by atoms with van der Waals surface area (Å²) in [6.07, 6.45) is 1.61.